The molecule has 0 fully saturated rings. The second-order valence-corrected chi connectivity index (χ2v) is 4.10. The molecule has 4 heteroatoms. The van der Waals surface area contributed by atoms with E-state index in [0.29, 0.717) is 18.0 Å². The molecule has 0 unspecified atom stereocenters. The minimum Gasteiger partial charge on any atom is -0.397 e. The first kappa shape index (κ1) is 12.3. The van der Waals surface area contributed by atoms with Gasteiger partial charge in [0.2, 0.25) is 0 Å². The number of methoxy groups -OCH3 is 1. The quantitative estimate of drug-likeness (QED) is 0.722. The molecule has 0 radical (unpaired) electrons. The molecule has 0 amide bonds. The van der Waals surface area contributed by atoms with Crippen molar-refractivity contribution in [3.63, 3.8) is 0 Å². The summed E-state index contributed by atoms with van der Waals surface area (Å²) in [4.78, 5) is 0. The predicted molar refractivity (Wildman–Crippen MR) is 75.7 cm³/mol. The molecule has 2 rings (SSSR count). The average molecular weight is 243 g/mol. The van der Waals surface area contributed by atoms with Crippen molar-refractivity contribution in [3.05, 3.63) is 48.0 Å². The second-order valence-electron chi connectivity index (χ2n) is 4.10. The number of ether oxygens (including phenoxy) is 1. The Morgan fingerprint density at radius 3 is 2.50 bits per heavy atom. The third-order valence-corrected chi connectivity index (χ3v) is 2.61. The van der Waals surface area contributed by atoms with Crippen LogP contribution in [0.15, 0.2) is 42.5 Å². The smallest absolute Gasteiger partial charge is 0.0713 e. The van der Waals surface area contributed by atoms with Gasteiger partial charge in [-0.2, -0.15) is 0 Å². The van der Waals surface area contributed by atoms with Crippen LogP contribution in [0.25, 0.3) is 0 Å². The van der Waals surface area contributed by atoms with E-state index >= 15 is 0 Å². The van der Waals surface area contributed by atoms with Gasteiger partial charge in [-0.25, -0.2) is 0 Å². The van der Waals surface area contributed by atoms with Gasteiger partial charge in [0, 0.05) is 18.5 Å². The molecular weight excluding hydrogens is 226 g/mol. The van der Waals surface area contributed by atoms with E-state index in [4.69, 9.17) is 16.2 Å². The van der Waals surface area contributed by atoms with Gasteiger partial charge in [0.1, 0.15) is 0 Å². The lowest BCUT2D eigenvalue weighted by Crippen LogP contribution is -1.97. The summed E-state index contributed by atoms with van der Waals surface area (Å²) in [7, 11) is 1.68. The minimum absolute atomic E-state index is 0.577. The Hall–Kier alpha value is -2.20. The van der Waals surface area contributed by atoms with Gasteiger partial charge >= 0.3 is 0 Å². The van der Waals surface area contributed by atoms with Crippen molar-refractivity contribution in [1.29, 1.82) is 0 Å². The Labute approximate surface area is 107 Å². The number of benzene rings is 2. The van der Waals surface area contributed by atoms with Crippen LogP contribution in [0.2, 0.25) is 0 Å². The average Bonchev–Trinajstić information content (AvgIpc) is 2.35. The molecule has 0 saturated carbocycles. The second kappa shape index (κ2) is 5.42. The summed E-state index contributed by atoms with van der Waals surface area (Å²) in [6, 6.07) is 13.5. The normalized spacial score (nSPS) is 10.3. The molecule has 2 aromatic carbocycles. The maximum Gasteiger partial charge on any atom is 0.0713 e. The zero-order valence-corrected chi connectivity index (χ0v) is 10.3. The Morgan fingerprint density at radius 2 is 1.78 bits per heavy atom. The van der Waals surface area contributed by atoms with E-state index < -0.39 is 0 Å². The largest absolute Gasteiger partial charge is 0.397 e. The van der Waals surface area contributed by atoms with E-state index in [-0.39, 0.29) is 0 Å². The molecule has 0 aromatic heterocycles. The van der Waals surface area contributed by atoms with Crippen molar-refractivity contribution >= 4 is 22.7 Å². The number of anilines is 4. The van der Waals surface area contributed by atoms with Gasteiger partial charge in [0.25, 0.3) is 0 Å². The van der Waals surface area contributed by atoms with Crippen LogP contribution in [0.1, 0.15) is 5.56 Å². The summed E-state index contributed by atoms with van der Waals surface area (Å²) in [6.07, 6.45) is 0. The first-order valence-electron chi connectivity index (χ1n) is 5.69. The highest BCUT2D eigenvalue weighted by Gasteiger charge is 1.99. The standard InChI is InChI=1S/C14H17N3O/c1-18-9-10-3-2-4-11(7-10)17-12-5-6-13(15)14(16)8-12/h2-8,17H,9,15-16H2,1H3. The molecule has 0 saturated heterocycles. The van der Waals surface area contributed by atoms with Crippen molar-refractivity contribution in [2.75, 3.05) is 23.9 Å². The zero-order chi connectivity index (χ0) is 13.0. The molecule has 0 aliphatic carbocycles. The molecule has 18 heavy (non-hydrogen) atoms. The van der Waals surface area contributed by atoms with Crippen LogP contribution < -0.4 is 16.8 Å². The van der Waals surface area contributed by atoms with E-state index in [1.54, 1.807) is 13.2 Å². The van der Waals surface area contributed by atoms with Crippen LogP contribution in [-0.2, 0) is 11.3 Å². The number of nitrogens with one attached hydrogen (secondary N) is 1. The number of nitrogens with two attached hydrogens (primary N) is 2. The fraction of sp³-hybridized carbons (Fsp3) is 0.143. The summed E-state index contributed by atoms with van der Waals surface area (Å²) in [6.45, 7) is 0.597. The van der Waals surface area contributed by atoms with Crippen LogP contribution in [0.3, 0.4) is 0 Å². The molecule has 0 aliphatic rings. The maximum atomic E-state index is 5.77. The highest BCUT2D eigenvalue weighted by atomic mass is 16.5. The highest BCUT2D eigenvalue weighted by molar-refractivity contribution is 5.72. The molecule has 0 atom stereocenters. The van der Waals surface area contributed by atoms with E-state index in [1.165, 1.54) is 0 Å². The van der Waals surface area contributed by atoms with Gasteiger partial charge in [-0.05, 0) is 35.9 Å². The van der Waals surface area contributed by atoms with Crippen LogP contribution in [0.5, 0.6) is 0 Å². The Balaban J connectivity index is 2.17. The summed E-state index contributed by atoms with van der Waals surface area (Å²) < 4.78 is 5.10. The van der Waals surface area contributed by atoms with Gasteiger partial charge in [-0.3, -0.25) is 0 Å². The lowest BCUT2D eigenvalue weighted by Gasteiger charge is -2.09. The predicted octanol–water partition coefficient (Wildman–Crippen LogP) is 2.74. The fourth-order valence-corrected chi connectivity index (χ4v) is 1.72. The molecule has 94 valence electrons. The Bertz CT molecular complexity index is 540. The van der Waals surface area contributed by atoms with Crippen LogP contribution in [0.4, 0.5) is 22.7 Å². The minimum atomic E-state index is 0.577. The van der Waals surface area contributed by atoms with Crippen LogP contribution in [0, 0.1) is 0 Å². The van der Waals surface area contributed by atoms with Crippen molar-refractivity contribution in [1.82, 2.24) is 0 Å². The van der Waals surface area contributed by atoms with Crippen molar-refractivity contribution in [2.24, 2.45) is 0 Å². The van der Waals surface area contributed by atoms with Gasteiger partial charge < -0.3 is 21.5 Å². The first-order chi connectivity index (χ1) is 8.69. The number of nitrogen functional groups attached to an aromatic ring is 2. The molecule has 0 spiro atoms. The van der Waals surface area contributed by atoms with E-state index in [2.05, 4.69) is 5.32 Å². The number of rotatable bonds is 4. The summed E-state index contributed by atoms with van der Waals surface area (Å²) in [5, 5.41) is 3.28. The Morgan fingerprint density at radius 1 is 1.00 bits per heavy atom. The lowest BCUT2D eigenvalue weighted by molar-refractivity contribution is 0.185. The van der Waals surface area contributed by atoms with Crippen molar-refractivity contribution < 1.29 is 4.74 Å². The fourth-order valence-electron chi connectivity index (χ4n) is 1.72. The van der Waals surface area contributed by atoms with Gasteiger partial charge in [0.05, 0.1) is 18.0 Å². The van der Waals surface area contributed by atoms with Gasteiger partial charge in [0.15, 0.2) is 0 Å². The molecular formula is C14H17N3O. The molecule has 0 heterocycles. The Kier molecular flexibility index (Phi) is 3.69. The first-order valence-corrected chi connectivity index (χ1v) is 5.69. The molecule has 2 aromatic rings. The van der Waals surface area contributed by atoms with Crippen molar-refractivity contribution in [3.8, 4) is 0 Å². The number of hydrogen-bond acceptors (Lipinski definition) is 4. The number of hydrogen-bond donors (Lipinski definition) is 3. The monoisotopic (exact) mass is 243 g/mol. The summed E-state index contributed by atoms with van der Waals surface area (Å²) >= 11 is 0. The molecule has 4 nitrogen and oxygen atoms in total. The SMILES string of the molecule is COCc1cccc(Nc2ccc(N)c(N)c2)c1. The molecule has 5 N–H and O–H groups in total. The summed E-state index contributed by atoms with van der Waals surface area (Å²) in [5.74, 6) is 0. The van der Waals surface area contributed by atoms with Crippen LogP contribution >= 0.6 is 0 Å². The summed E-state index contributed by atoms with van der Waals surface area (Å²) in [5.41, 5.74) is 15.6. The molecule has 0 bridgehead atoms. The van der Waals surface area contributed by atoms with Crippen molar-refractivity contribution in [2.45, 2.75) is 6.61 Å². The van der Waals surface area contributed by atoms with Gasteiger partial charge in [-0.1, -0.05) is 12.1 Å². The lowest BCUT2D eigenvalue weighted by atomic mass is 10.2. The third-order valence-electron chi connectivity index (χ3n) is 2.61. The van der Waals surface area contributed by atoms with E-state index in [0.717, 1.165) is 16.9 Å². The van der Waals surface area contributed by atoms with E-state index in [9.17, 15) is 0 Å². The van der Waals surface area contributed by atoms with E-state index in [1.807, 2.05) is 36.4 Å². The van der Waals surface area contributed by atoms with Crippen LogP contribution in [-0.4, -0.2) is 7.11 Å². The molecule has 0 aliphatic heterocycles. The maximum absolute atomic E-state index is 5.77. The topological polar surface area (TPSA) is 73.3 Å². The zero-order valence-electron chi connectivity index (χ0n) is 10.3. The van der Waals surface area contributed by atoms with Gasteiger partial charge in [-0.15, -0.1) is 0 Å². The highest BCUT2D eigenvalue weighted by Crippen LogP contribution is 2.23. The third kappa shape index (κ3) is 2.93.